The highest BCUT2D eigenvalue weighted by Gasteiger charge is 2.47. The van der Waals surface area contributed by atoms with Gasteiger partial charge in [-0.05, 0) is 23.3 Å². The van der Waals surface area contributed by atoms with Crippen LogP contribution < -0.4 is 5.32 Å². The van der Waals surface area contributed by atoms with E-state index < -0.39 is 18.3 Å². The highest BCUT2D eigenvalue weighted by atomic mass is 35.5. The van der Waals surface area contributed by atoms with Gasteiger partial charge in [-0.1, -0.05) is 54.1 Å². The average molecular weight is 504 g/mol. The lowest BCUT2D eigenvalue weighted by Gasteiger charge is -2.34. The molecule has 3 aromatic rings. The largest absolute Gasteiger partial charge is 0.410 e. The van der Waals surface area contributed by atoms with Gasteiger partial charge in [-0.3, -0.25) is 9.69 Å². The van der Waals surface area contributed by atoms with Crippen molar-refractivity contribution in [2.75, 3.05) is 31.5 Å². The number of nitrogens with one attached hydrogen (secondary N) is 1. The zero-order valence-corrected chi connectivity index (χ0v) is 19.6. The van der Waals surface area contributed by atoms with Crippen molar-refractivity contribution in [3.05, 3.63) is 82.5 Å². The highest BCUT2D eigenvalue weighted by molar-refractivity contribution is 6.30. The minimum atomic E-state index is -4.50. The molecule has 0 radical (unpaired) electrons. The first-order chi connectivity index (χ1) is 16.8. The molecule has 1 fully saturated rings. The van der Waals surface area contributed by atoms with Gasteiger partial charge < -0.3 is 10.2 Å². The van der Waals surface area contributed by atoms with Crippen LogP contribution in [0.5, 0.6) is 0 Å². The minimum absolute atomic E-state index is 0.0232. The third-order valence-corrected chi connectivity index (χ3v) is 6.84. The fourth-order valence-corrected chi connectivity index (χ4v) is 4.83. The molecule has 0 spiro atoms. The first-order valence-corrected chi connectivity index (χ1v) is 11.9. The molecule has 5 rings (SSSR count). The third-order valence-electron chi connectivity index (χ3n) is 6.59. The standard InChI is InChI=1S/C25H25ClF3N5O/c26-19-8-6-18(7-9-19)20-14-22(25(27,28)29)34-23(30-20)15-21(31-34)24(35)33-12-10-32(11-13-33)16-17-4-2-1-3-5-17/h1-9,15,20,22,30H,10-14,16H2/t20-,22+/m1/s1. The summed E-state index contributed by atoms with van der Waals surface area (Å²) in [5, 5.41) is 7.75. The molecule has 3 heterocycles. The SMILES string of the molecule is O=C(c1cc2n(n1)[C@H](C(F)(F)F)C[C@H](c1ccc(Cl)cc1)N2)N1CCN(Cc2ccccc2)CC1. The quantitative estimate of drug-likeness (QED) is 0.534. The zero-order chi connectivity index (χ0) is 24.6. The number of hydrogen-bond donors (Lipinski definition) is 1. The first kappa shape index (κ1) is 23.7. The van der Waals surface area contributed by atoms with Crippen molar-refractivity contribution in [2.24, 2.45) is 0 Å². The maximum Gasteiger partial charge on any atom is 0.410 e. The molecule has 184 valence electrons. The fourth-order valence-electron chi connectivity index (χ4n) is 4.70. The molecule has 1 aromatic heterocycles. The molecule has 2 aliphatic heterocycles. The zero-order valence-electron chi connectivity index (χ0n) is 18.9. The molecule has 1 amide bonds. The fraction of sp³-hybridized carbons (Fsp3) is 0.360. The van der Waals surface area contributed by atoms with E-state index in [2.05, 4.69) is 27.4 Å². The van der Waals surface area contributed by atoms with Crippen LogP contribution in [-0.4, -0.2) is 57.8 Å². The molecule has 35 heavy (non-hydrogen) atoms. The summed E-state index contributed by atoms with van der Waals surface area (Å²) in [7, 11) is 0. The number of anilines is 1. The monoisotopic (exact) mass is 503 g/mol. The molecule has 0 unspecified atom stereocenters. The van der Waals surface area contributed by atoms with Crippen LogP contribution in [0.2, 0.25) is 5.02 Å². The molecule has 0 aliphatic carbocycles. The van der Waals surface area contributed by atoms with Crippen LogP contribution in [-0.2, 0) is 6.54 Å². The number of piperazine rings is 1. The Morgan fingerprint density at radius 1 is 1.03 bits per heavy atom. The summed E-state index contributed by atoms with van der Waals surface area (Å²) in [6.45, 7) is 3.17. The maximum atomic E-state index is 13.9. The number of halogens is 4. The van der Waals surface area contributed by atoms with E-state index >= 15 is 0 Å². The van der Waals surface area contributed by atoms with Gasteiger partial charge in [0.25, 0.3) is 5.91 Å². The summed E-state index contributed by atoms with van der Waals surface area (Å²) in [6, 6.07) is 15.8. The van der Waals surface area contributed by atoms with Crippen LogP contribution in [0.3, 0.4) is 0 Å². The molecule has 10 heteroatoms. The Morgan fingerprint density at radius 2 is 1.71 bits per heavy atom. The van der Waals surface area contributed by atoms with Gasteiger partial charge in [0.15, 0.2) is 11.7 Å². The molecule has 2 aromatic carbocycles. The molecule has 6 nitrogen and oxygen atoms in total. The predicted octanol–water partition coefficient (Wildman–Crippen LogP) is 5.15. The van der Waals surface area contributed by atoms with E-state index in [0.717, 1.165) is 11.2 Å². The second-order valence-corrected chi connectivity index (χ2v) is 9.39. The topological polar surface area (TPSA) is 53.4 Å². The van der Waals surface area contributed by atoms with Gasteiger partial charge in [0.2, 0.25) is 0 Å². The van der Waals surface area contributed by atoms with Crippen LogP contribution in [0.15, 0.2) is 60.7 Å². The number of aromatic nitrogens is 2. The van der Waals surface area contributed by atoms with Crippen LogP contribution in [0.1, 0.15) is 40.1 Å². The number of fused-ring (bicyclic) bond motifs is 1. The highest BCUT2D eigenvalue weighted by Crippen LogP contribution is 2.43. The Hall–Kier alpha value is -3.04. The lowest BCUT2D eigenvalue weighted by atomic mass is 9.97. The summed E-state index contributed by atoms with van der Waals surface area (Å²) in [5.74, 6) is -0.165. The second-order valence-electron chi connectivity index (χ2n) is 8.95. The number of nitrogens with zero attached hydrogens (tertiary/aromatic N) is 4. The van der Waals surface area contributed by atoms with Gasteiger partial charge in [0.05, 0.1) is 6.04 Å². The molecule has 0 bridgehead atoms. The Kier molecular flexibility index (Phi) is 6.46. The van der Waals surface area contributed by atoms with Gasteiger partial charge in [-0.25, -0.2) is 4.68 Å². The van der Waals surface area contributed by atoms with Crippen molar-refractivity contribution in [1.82, 2.24) is 19.6 Å². The van der Waals surface area contributed by atoms with E-state index in [1.165, 1.54) is 11.6 Å². The Balaban J connectivity index is 1.30. The second kappa shape index (κ2) is 9.54. The predicted molar refractivity (Wildman–Crippen MR) is 127 cm³/mol. The van der Waals surface area contributed by atoms with E-state index in [9.17, 15) is 18.0 Å². The van der Waals surface area contributed by atoms with Crippen molar-refractivity contribution in [1.29, 1.82) is 0 Å². The summed E-state index contributed by atoms with van der Waals surface area (Å²) in [6.07, 6.45) is -4.73. The van der Waals surface area contributed by atoms with Crippen LogP contribution in [0.4, 0.5) is 19.0 Å². The Labute approximate surface area is 206 Å². The number of amides is 1. The van der Waals surface area contributed by atoms with Crippen molar-refractivity contribution in [3.63, 3.8) is 0 Å². The number of carbonyl (C=O) groups excluding carboxylic acids is 1. The van der Waals surface area contributed by atoms with Crippen LogP contribution in [0.25, 0.3) is 0 Å². The Bertz CT molecular complexity index is 1170. The number of benzene rings is 2. The lowest BCUT2D eigenvalue weighted by Crippen LogP contribution is -2.48. The summed E-state index contributed by atoms with van der Waals surface area (Å²) in [5.41, 5.74) is 1.92. The summed E-state index contributed by atoms with van der Waals surface area (Å²) < 4.78 is 42.8. The van der Waals surface area contributed by atoms with Crippen LogP contribution >= 0.6 is 11.6 Å². The van der Waals surface area contributed by atoms with E-state index in [-0.39, 0.29) is 23.8 Å². The molecule has 1 N–H and O–H groups in total. The smallest absolute Gasteiger partial charge is 0.363 e. The van der Waals surface area contributed by atoms with Crippen molar-refractivity contribution in [3.8, 4) is 0 Å². The number of rotatable bonds is 4. The van der Waals surface area contributed by atoms with Crippen LogP contribution in [0, 0.1) is 0 Å². The number of hydrogen-bond acceptors (Lipinski definition) is 4. The lowest BCUT2D eigenvalue weighted by molar-refractivity contribution is -0.173. The minimum Gasteiger partial charge on any atom is -0.363 e. The molecule has 1 saturated heterocycles. The molecular formula is C25H25ClF3N5O. The molecular weight excluding hydrogens is 479 g/mol. The van der Waals surface area contributed by atoms with Gasteiger partial charge in [0, 0.05) is 50.2 Å². The first-order valence-electron chi connectivity index (χ1n) is 11.5. The number of alkyl halides is 3. The van der Waals surface area contributed by atoms with Gasteiger partial charge in [0.1, 0.15) is 5.82 Å². The maximum absolute atomic E-state index is 13.9. The van der Waals surface area contributed by atoms with E-state index in [1.54, 1.807) is 29.2 Å². The summed E-state index contributed by atoms with van der Waals surface area (Å²) >= 11 is 5.93. The molecule has 2 aliphatic rings. The van der Waals surface area contributed by atoms with E-state index in [0.29, 0.717) is 36.8 Å². The number of carbonyl (C=O) groups is 1. The van der Waals surface area contributed by atoms with E-state index in [4.69, 9.17) is 11.6 Å². The Morgan fingerprint density at radius 3 is 2.37 bits per heavy atom. The summed E-state index contributed by atoms with van der Waals surface area (Å²) in [4.78, 5) is 17.1. The van der Waals surface area contributed by atoms with Crippen molar-refractivity contribution in [2.45, 2.75) is 31.2 Å². The average Bonchev–Trinajstić information content (AvgIpc) is 3.28. The van der Waals surface area contributed by atoms with E-state index in [1.807, 2.05) is 18.2 Å². The van der Waals surface area contributed by atoms with Gasteiger partial charge >= 0.3 is 6.18 Å². The van der Waals surface area contributed by atoms with Crippen molar-refractivity contribution >= 4 is 23.3 Å². The normalized spacial score (nSPS) is 20.9. The molecule has 0 saturated carbocycles. The van der Waals surface area contributed by atoms with Gasteiger partial charge in [-0.15, -0.1) is 0 Å². The van der Waals surface area contributed by atoms with Crippen molar-refractivity contribution < 1.29 is 18.0 Å². The molecule has 2 atom stereocenters. The third kappa shape index (κ3) is 5.16. The van der Waals surface area contributed by atoms with Gasteiger partial charge in [-0.2, -0.15) is 18.3 Å².